The first-order chi connectivity index (χ1) is 18.5. The minimum absolute atomic E-state index is 0. The van der Waals surface area contributed by atoms with Gasteiger partial charge in [-0.2, -0.15) is 0 Å². The van der Waals surface area contributed by atoms with Crippen molar-refractivity contribution >= 4 is 0 Å². The molecule has 2 aliphatic rings. The molecule has 0 bridgehead atoms. The van der Waals surface area contributed by atoms with Crippen molar-refractivity contribution in [1.29, 1.82) is 0 Å². The van der Waals surface area contributed by atoms with E-state index < -0.39 is 0 Å². The summed E-state index contributed by atoms with van der Waals surface area (Å²) in [5.41, 5.74) is 28.9. The minimum Gasteiger partial charge on any atom is -0.872 e. The Morgan fingerprint density at radius 1 is 0.575 bits per heavy atom. The molecule has 2 aromatic rings. The second kappa shape index (κ2) is 26.7. The number of para-hydroxylation sites is 2. The van der Waals surface area contributed by atoms with Crippen LogP contribution in [0.25, 0.3) is 31.9 Å². The fourth-order valence-electron chi connectivity index (χ4n) is 4.25. The van der Waals surface area contributed by atoms with Gasteiger partial charge in [0.1, 0.15) is 0 Å². The average molecular weight is 650 g/mol. The van der Waals surface area contributed by atoms with Gasteiger partial charge in [-0.15, -0.1) is 11.5 Å². The summed E-state index contributed by atoms with van der Waals surface area (Å²) in [6.45, 7) is 10.3. The second-order valence-electron chi connectivity index (χ2n) is 8.86. The fourth-order valence-corrected chi connectivity index (χ4v) is 4.25. The van der Waals surface area contributed by atoms with E-state index in [0.29, 0.717) is 0 Å². The largest absolute Gasteiger partial charge is 2.00 e. The van der Waals surface area contributed by atoms with Gasteiger partial charge in [0.05, 0.1) is 0 Å². The first-order valence-electron chi connectivity index (χ1n) is 12.9. The van der Waals surface area contributed by atoms with Crippen LogP contribution in [-0.2, 0) is 47.2 Å². The van der Waals surface area contributed by atoms with E-state index in [2.05, 4.69) is 20.4 Å². The van der Waals surface area contributed by atoms with E-state index in [1.54, 1.807) is 12.1 Å². The van der Waals surface area contributed by atoms with Gasteiger partial charge < -0.3 is 43.0 Å². The third-order valence-electron chi connectivity index (χ3n) is 6.04. The van der Waals surface area contributed by atoms with E-state index in [4.69, 9.17) is 22.1 Å². The van der Waals surface area contributed by atoms with Crippen molar-refractivity contribution in [3.8, 4) is 11.5 Å². The summed E-state index contributed by atoms with van der Waals surface area (Å²) in [5.74, 6) is 0.338. The van der Waals surface area contributed by atoms with Crippen molar-refractivity contribution in [2.24, 2.45) is 0 Å². The Kier molecular flexibility index (Phi) is 26.5. The van der Waals surface area contributed by atoms with Gasteiger partial charge in [-0.3, -0.25) is 19.6 Å². The van der Waals surface area contributed by atoms with Crippen LogP contribution < -0.4 is 20.8 Å². The Bertz CT molecular complexity index is 881. The Morgan fingerprint density at radius 3 is 1.12 bits per heavy atom. The van der Waals surface area contributed by atoms with Crippen LogP contribution in [0.4, 0.5) is 0 Å². The van der Waals surface area contributed by atoms with Crippen LogP contribution >= 0.6 is 0 Å². The quantitative estimate of drug-likeness (QED) is 0.220. The first kappa shape index (κ1) is 39.7. The molecule has 2 fully saturated rings. The average Bonchev–Trinajstić information content (AvgIpc) is 2.86. The molecule has 0 saturated carbocycles. The molecule has 2 heterocycles. The van der Waals surface area contributed by atoms with E-state index in [0.717, 1.165) is 76.6 Å². The number of benzene rings is 2. The molecule has 0 spiro atoms. The third-order valence-corrected chi connectivity index (χ3v) is 6.04. The molecular weight excluding hydrogens is 611 g/mol. The van der Waals surface area contributed by atoms with E-state index in [1.165, 1.54) is 35.5 Å². The molecule has 2 N–H and O–H groups in total. The summed E-state index contributed by atoms with van der Waals surface area (Å²) < 4.78 is 0. The van der Waals surface area contributed by atoms with Gasteiger partial charge in [-0.05, 0) is 89.2 Å². The van der Waals surface area contributed by atoms with Crippen molar-refractivity contribution < 1.29 is 44.4 Å². The molecule has 0 atom stereocenters. The maximum atomic E-state index is 11.6. The molecule has 0 amide bonds. The number of hydrogen-bond donors (Lipinski definition) is 2. The standard InChI is InChI=1S/2C13H20N2O.2Cu.2N3/c2*16-13-6-2-1-5-12(13)11-15-9-3-7-14-8-4-10-15;;;2*1-3-2/h2*1-2,5-6,14,16H,3-4,7-11H2;;;;/q;;2*+2;2*-1/p-2. The molecule has 0 unspecified atom stereocenters. The minimum atomic E-state index is 0. The van der Waals surface area contributed by atoms with Crippen molar-refractivity contribution in [2.45, 2.75) is 38.8 Å². The van der Waals surface area contributed by atoms with Gasteiger partial charge in [-0.25, -0.2) is 0 Å². The van der Waals surface area contributed by atoms with Gasteiger partial charge in [0, 0.05) is 13.1 Å². The van der Waals surface area contributed by atoms with Crippen LogP contribution in [0.3, 0.4) is 0 Å². The first-order valence-corrected chi connectivity index (χ1v) is 12.9. The Morgan fingerprint density at radius 2 is 0.850 bits per heavy atom. The molecule has 226 valence electrons. The van der Waals surface area contributed by atoms with Crippen molar-refractivity contribution in [2.75, 3.05) is 52.4 Å². The van der Waals surface area contributed by atoms with Gasteiger partial charge in [0.15, 0.2) is 0 Å². The fraction of sp³-hybridized carbons (Fsp3) is 0.538. The molecule has 14 heteroatoms. The smallest absolute Gasteiger partial charge is 0.872 e. The number of nitrogens with one attached hydrogen (secondary N) is 2. The van der Waals surface area contributed by atoms with Crippen LogP contribution in [0.2, 0.25) is 0 Å². The van der Waals surface area contributed by atoms with Crippen LogP contribution in [0, 0.1) is 0 Å². The summed E-state index contributed by atoms with van der Waals surface area (Å²) in [6.07, 6.45) is 4.67. The molecule has 0 aromatic heterocycles. The van der Waals surface area contributed by atoms with Crippen molar-refractivity contribution in [3.63, 3.8) is 0 Å². The Balaban J connectivity index is 0. The molecule has 12 nitrogen and oxygen atoms in total. The molecule has 2 aromatic carbocycles. The second-order valence-corrected chi connectivity index (χ2v) is 8.86. The number of hydrogen-bond acceptors (Lipinski definition) is 6. The maximum Gasteiger partial charge on any atom is 2.00 e. The molecular formula is C26H38Cu2N10O2. The van der Waals surface area contributed by atoms with E-state index >= 15 is 0 Å². The Hall–Kier alpha value is -2.46. The molecule has 2 aliphatic heterocycles. The summed E-state index contributed by atoms with van der Waals surface area (Å²) in [7, 11) is 0. The van der Waals surface area contributed by atoms with Crippen LogP contribution in [0.5, 0.6) is 11.5 Å². The molecule has 2 saturated heterocycles. The summed E-state index contributed by atoms with van der Waals surface area (Å²) in [6, 6.07) is 14.7. The molecule has 2 radical (unpaired) electrons. The Labute approximate surface area is 258 Å². The number of nitrogens with zero attached hydrogens (tertiary/aromatic N) is 8. The molecule has 40 heavy (non-hydrogen) atoms. The van der Waals surface area contributed by atoms with Gasteiger partial charge >= 0.3 is 34.1 Å². The van der Waals surface area contributed by atoms with E-state index in [1.807, 2.05) is 36.4 Å². The predicted molar refractivity (Wildman–Crippen MR) is 147 cm³/mol. The summed E-state index contributed by atoms with van der Waals surface area (Å²) >= 11 is 0. The maximum absolute atomic E-state index is 11.6. The van der Waals surface area contributed by atoms with Gasteiger partial charge in [0.25, 0.3) is 0 Å². The van der Waals surface area contributed by atoms with Crippen molar-refractivity contribution in [3.05, 3.63) is 91.6 Å². The summed E-state index contributed by atoms with van der Waals surface area (Å²) in [5, 5.41) is 30.0. The van der Waals surface area contributed by atoms with Crippen molar-refractivity contribution in [1.82, 2.24) is 20.4 Å². The molecule has 4 rings (SSSR count). The van der Waals surface area contributed by atoms with E-state index in [9.17, 15) is 10.2 Å². The van der Waals surface area contributed by atoms with E-state index in [-0.39, 0.29) is 45.6 Å². The van der Waals surface area contributed by atoms with Gasteiger partial charge in [0.2, 0.25) is 0 Å². The van der Waals surface area contributed by atoms with Crippen LogP contribution in [-0.4, -0.2) is 62.2 Å². The SMILES string of the molecule is [Cu+2].[Cu+2].[N-]=[N+]=[N-].[N-]=[N+]=[N-].[O-]c1ccccc1CN1CCCNCCC1.[O-]c1ccccc1CN1CCCNCCC1. The zero-order valence-electron chi connectivity index (χ0n) is 22.5. The normalized spacial score (nSPS) is 15.6. The van der Waals surface area contributed by atoms with Gasteiger partial charge in [-0.1, -0.05) is 48.5 Å². The topological polar surface area (TPSA) is 194 Å². The van der Waals surface area contributed by atoms with Crippen LogP contribution in [0.1, 0.15) is 36.8 Å². The number of rotatable bonds is 4. The molecule has 0 aliphatic carbocycles. The zero-order chi connectivity index (χ0) is 27.8. The third kappa shape index (κ3) is 18.8. The predicted octanol–water partition coefficient (Wildman–Crippen LogP) is 3.62. The zero-order valence-corrected chi connectivity index (χ0v) is 24.4. The monoisotopic (exact) mass is 648 g/mol. The summed E-state index contributed by atoms with van der Waals surface area (Å²) in [4.78, 5) is 7.77. The van der Waals surface area contributed by atoms with Crippen LogP contribution in [0.15, 0.2) is 48.5 Å².